The van der Waals surface area contributed by atoms with E-state index < -0.39 is 0 Å². The molecule has 0 saturated carbocycles. The summed E-state index contributed by atoms with van der Waals surface area (Å²) in [7, 11) is 0. The van der Waals surface area contributed by atoms with Crippen molar-refractivity contribution in [1.82, 2.24) is 9.36 Å². The maximum absolute atomic E-state index is 7.63. The van der Waals surface area contributed by atoms with E-state index in [2.05, 4.69) is 104 Å². The molecule has 3 rings (SSSR count). The van der Waals surface area contributed by atoms with E-state index in [-0.39, 0.29) is 16.9 Å². The molecular weight excluding hydrogens is 448 g/mol. The van der Waals surface area contributed by atoms with Gasteiger partial charge in [0.25, 0.3) is 0 Å². The maximum Gasteiger partial charge on any atom is 0.248 e. The van der Waals surface area contributed by atoms with Crippen LogP contribution in [0.25, 0.3) is 4.85 Å². The van der Waals surface area contributed by atoms with E-state index in [9.17, 15) is 0 Å². The van der Waals surface area contributed by atoms with Crippen LogP contribution in [0, 0.1) is 6.57 Å². The first-order valence-electron chi connectivity index (χ1n) is 11.0. The molecule has 6 nitrogen and oxygen atoms in total. The molecule has 0 aliphatic carbocycles. The zero-order chi connectivity index (χ0) is 24.4. The van der Waals surface area contributed by atoms with Gasteiger partial charge in [-0.15, -0.1) is 10.2 Å². The first-order chi connectivity index (χ1) is 15.4. The number of hydrogen-bond donors (Lipinski definition) is 0. The van der Waals surface area contributed by atoms with Gasteiger partial charge >= 0.3 is 0 Å². The Morgan fingerprint density at radius 2 is 1.58 bits per heavy atom. The Morgan fingerprint density at radius 3 is 2.12 bits per heavy atom. The van der Waals surface area contributed by atoms with Crippen molar-refractivity contribution < 1.29 is 0 Å². The van der Waals surface area contributed by atoms with Gasteiger partial charge in [-0.1, -0.05) is 83.2 Å². The maximum atomic E-state index is 7.63. The summed E-state index contributed by atoms with van der Waals surface area (Å²) >= 11 is 2.78. The molecule has 0 spiro atoms. The van der Waals surface area contributed by atoms with E-state index >= 15 is 0 Å². The number of benzene rings is 1. The van der Waals surface area contributed by atoms with Crippen molar-refractivity contribution in [3.05, 3.63) is 58.7 Å². The fraction of sp³-hybridized carbons (Fsp3) is 0.480. The lowest BCUT2D eigenvalue weighted by atomic mass is 9.91. The lowest BCUT2D eigenvalue weighted by Crippen LogP contribution is -2.30. The SMILES string of the molecule is [C-]#[N+]c1c(C(C)(C)C)nsc1N=Nc1sc(N(Cc2ccccc2)C(C)C)nc1C(C)(C)C. The molecule has 2 heterocycles. The summed E-state index contributed by atoms with van der Waals surface area (Å²) in [5, 5.41) is 11.3. The molecule has 0 aliphatic rings. The van der Waals surface area contributed by atoms with E-state index in [1.165, 1.54) is 17.1 Å². The minimum absolute atomic E-state index is 0.189. The average Bonchev–Trinajstić information content (AvgIpc) is 3.34. The lowest BCUT2D eigenvalue weighted by molar-refractivity contribution is 0.571. The van der Waals surface area contributed by atoms with Crippen LogP contribution >= 0.6 is 22.9 Å². The molecule has 0 N–H and O–H groups in total. The predicted octanol–water partition coefficient (Wildman–Crippen LogP) is 8.58. The fourth-order valence-electron chi connectivity index (χ4n) is 3.26. The summed E-state index contributed by atoms with van der Waals surface area (Å²) < 4.78 is 4.50. The van der Waals surface area contributed by atoms with Crippen molar-refractivity contribution in [2.24, 2.45) is 10.2 Å². The number of anilines is 1. The van der Waals surface area contributed by atoms with Crippen LogP contribution in [0.15, 0.2) is 40.6 Å². The van der Waals surface area contributed by atoms with Gasteiger partial charge < -0.3 is 4.90 Å². The van der Waals surface area contributed by atoms with Crippen LogP contribution in [0.2, 0.25) is 0 Å². The normalized spacial score (nSPS) is 12.5. The average molecular weight is 481 g/mol. The van der Waals surface area contributed by atoms with E-state index in [1.807, 2.05) is 6.07 Å². The first kappa shape index (κ1) is 25.0. The number of nitrogens with zero attached hydrogens (tertiary/aromatic N) is 6. The second-order valence-electron chi connectivity index (χ2n) is 10.4. The minimum atomic E-state index is -0.215. The summed E-state index contributed by atoms with van der Waals surface area (Å²) in [6, 6.07) is 10.7. The number of rotatable bonds is 6. The highest BCUT2D eigenvalue weighted by Crippen LogP contribution is 2.45. The standard InChI is InChI=1S/C25H32N6S2/c1-16(2)31(15-17-13-11-10-12-14-17)23-27-20(25(6,7)8)22(32-23)29-28-21-18(26-9)19(30-33-21)24(3,4)5/h10-14,16H,15H2,1-8H3. The Morgan fingerprint density at radius 1 is 0.970 bits per heavy atom. The van der Waals surface area contributed by atoms with Crippen molar-refractivity contribution in [2.75, 3.05) is 4.90 Å². The first-order valence-corrected chi connectivity index (χ1v) is 12.6. The Labute approximate surface area is 205 Å². The fourth-order valence-corrected chi connectivity index (χ4v) is 5.33. The Balaban J connectivity index is 2.01. The third kappa shape index (κ3) is 5.84. The van der Waals surface area contributed by atoms with Crippen LogP contribution in [-0.2, 0) is 17.4 Å². The van der Waals surface area contributed by atoms with Crippen LogP contribution < -0.4 is 4.90 Å². The van der Waals surface area contributed by atoms with Gasteiger partial charge in [0.2, 0.25) is 5.69 Å². The van der Waals surface area contributed by atoms with Gasteiger partial charge in [-0.05, 0) is 36.4 Å². The summed E-state index contributed by atoms with van der Waals surface area (Å²) in [5.41, 5.74) is 3.01. The largest absolute Gasteiger partial charge is 0.341 e. The molecule has 0 amide bonds. The quantitative estimate of drug-likeness (QED) is 0.262. The smallest absolute Gasteiger partial charge is 0.248 e. The summed E-state index contributed by atoms with van der Waals surface area (Å²) in [6.07, 6.45) is 0. The molecule has 0 fully saturated rings. The van der Waals surface area contributed by atoms with Crippen molar-refractivity contribution in [3.63, 3.8) is 0 Å². The van der Waals surface area contributed by atoms with Crippen LogP contribution in [0.1, 0.15) is 72.3 Å². The van der Waals surface area contributed by atoms with Gasteiger partial charge in [-0.3, -0.25) is 0 Å². The van der Waals surface area contributed by atoms with Crippen LogP contribution in [0.3, 0.4) is 0 Å². The van der Waals surface area contributed by atoms with E-state index in [1.54, 1.807) is 11.3 Å². The van der Waals surface area contributed by atoms with E-state index in [0.29, 0.717) is 10.7 Å². The molecule has 174 valence electrons. The molecule has 0 saturated heterocycles. The second kappa shape index (κ2) is 9.70. The van der Waals surface area contributed by atoms with Gasteiger partial charge in [-0.25, -0.2) is 14.2 Å². The molecule has 1 aromatic carbocycles. The minimum Gasteiger partial charge on any atom is -0.341 e. The zero-order valence-corrected chi connectivity index (χ0v) is 22.3. The van der Waals surface area contributed by atoms with E-state index in [0.717, 1.165) is 28.1 Å². The molecular formula is C25H32N6S2. The van der Waals surface area contributed by atoms with Gasteiger partial charge in [0.05, 0.1) is 18.0 Å². The van der Waals surface area contributed by atoms with Gasteiger partial charge in [0, 0.05) is 18.0 Å². The van der Waals surface area contributed by atoms with Crippen LogP contribution in [0.4, 0.5) is 20.8 Å². The summed E-state index contributed by atoms with van der Waals surface area (Å²) in [6.45, 7) is 25.3. The molecule has 0 bridgehead atoms. The highest BCUT2D eigenvalue weighted by atomic mass is 32.1. The molecule has 0 aliphatic heterocycles. The van der Waals surface area contributed by atoms with Gasteiger partial charge in [0.1, 0.15) is 0 Å². The highest BCUT2D eigenvalue weighted by Gasteiger charge is 2.28. The second-order valence-corrected chi connectivity index (χ2v) is 12.1. The van der Waals surface area contributed by atoms with E-state index in [4.69, 9.17) is 11.6 Å². The lowest BCUT2D eigenvalue weighted by Gasteiger charge is -2.26. The zero-order valence-electron chi connectivity index (χ0n) is 20.7. The Bertz CT molecular complexity index is 1150. The number of azo groups is 1. The highest BCUT2D eigenvalue weighted by molar-refractivity contribution is 7.19. The third-order valence-electron chi connectivity index (χ3n) is 5.08. The van der Waals surface area contributed by atoms with Crippen molar-refractivity contribution in [2.45, 2.75) is 78.8 Å². The Kier molecular flexibility index (Phi) is 7.35. The molecule has 0 unspecified atom stereocenters. The number of aromatic nitrogens is 2. The predicted molar refractivity (Wildman–Crippen MR) is 140 cm³/mol. The van der Waals surface area contributed by atoms with Crippen LogP contribution in [-0.4, -0.2) is 15.4 Å². The topological polar surface area (TPSA) is 58.1 Å². The van der Waals surface area contributed by atoms with Crippen LogP contribution in [0.5, 0.6) is 0 Å². The molecule has 0 radical (unpaired) electrons. The summed E-state index contributed by atoms with van der Waals surface area (Å²) in [5.74, 6) is 0. The van der Waals surface area contributed by atoms with Gasteiger partial charge in [-0.2, -0.15) is 0 Å². The molecule has 3 aromatic rings. The molecule has 0 atom stereocenters. The number of thiazole rings is 1. The third-order valence-corrected chi connectivity index (χ3v) is 6.78. The van der Waals surface area contributed by atoms with Crippen molar-refractivity contribution >= 4 is 43.7 Å². The van der Waals surface area contributed by atoms with Crippen molar-refractivity contribution in [3.8, 4) is 0 Å². The molecule has 8 heteroatoms. The molecule has 2 aromatic heterocycles. The van der Waals surface area contributed by atoms with Crippen molar-refractivity contribution in [1.29, 1.82) is 0 Å². The monoisotopic (exact) mass is 480 g/mol. The summed E-state index contributed by atoms with van der Waals surface area (Å²) in [4.78, 5) is 11.0. The van der Waals surface area contributed by atoms with Gasteiger partial charge in [0.15, 0.2) is 15.1 Å². The molecule has 33 heavy (non-hydrogen) atoms. The Hall–Kier alpha value is -2.63. The number of hydrogen-bond acceptors (Lipinski definition) is 7.